The lowest BCUT2D eigenvalue weighted by Crippen LogP contribution is -2.43. The molecule has 0 aliphatic carbocycles. The summed E-state index contributed by atoms with van der Waals surface area (Å²) in [6.07, 6.45) is 0.344. The molecule has 1 aromatic rings. The Bertz CT molecular complexity index is 372. The average Bonchev–Trinajstić information content (AvgIpc) is 2.64. The molecule has 0 spiro atoms. The zero-order chi connectivity index (χ0) is 11.8. The summed E-state index contributed by atoms with van der Waals surface area (Å²) >= 11 is 0. The summed E-state index contributed by atoms with van der Waals surface area (Å²) < 4.78 is 31.2. The van der Waals surface area contributed by atoms with Crippen molar-refractivity contribution < 1.29 is 13.3 Å². The quantitative estimate of drug-likeness (QED) is 0.885. The molecule has 2 N–H and O–H groups in total. The van der Waals surface area contributed by atoms with Crippen LogP contribution in [0.3, 0.4) is 0 Å². The molecule has 0 bridgehead atoms. The van der Waals surface area contributed by atoms with E-state index in [4.69, 9.17) is 10.3 Å². The third-order valence-electron chi connectivity index (χ3n) is 2.50. The van der Waals surface area contributed by atoms with Crippen LogP contribution in [0.2, 0.25) is 0 Å². The molecule has 2 heterocycles. The fourth-order valence-electron chi connectivity index (χ4n) is 1.68. The summed E-state index contributed by atoms with van der Waals surface area (Å²) in [5.74, 6) is -2.21. The molecule has 0 radical (unpaired) electrons. The molecule has 2 rings (SSSR count). The van der Waals surface area contributed by atoms with Crippen molar-refractivity contribution in [3.05, 3.63) is 5.89 Å². The summed E-state index contributed by atoms with van der Waals surface area (Å²) in [6, 6.07) is -0.383. The van der Waals surface area contributed by atoms with Crippen LogP contribution in [0.1, 0.15) is 31.7 Å². The van der Waals surface area contributed by atoms with Gasteiger partial charge in [-0.15, -0.1) is 12.4 Å². The maximum absolute atomic E-state index is 13.2. The molecule has 0 aromatic carbocycles. The van der Waals surface area contributed by atoms with E-state index >= 15 is 0 Å². The number of piperidine rings is 1. The van der Waals surface area contributed by atoms with E-state index in [0.29, 0.717) is 13.0 Å². The highest BCUT2D eigenvalue weighted by atomic mass is 35.5. The van der Waals surface area contributed by atoms with Crippen molar-refractivity contribution in [3.8, 4) is 0 Å². The van der Waals surface area contributed by atoms with Crippen LogP contribution < -0.4 is 10.6 Å². The van der Waals surface area contributed by atoms with Crippen LogP contribution in [-0.2, 0) is 0 Å². The Morgan fingerprint density at radius 3 is 2.76 bits per heavy atom. The molecule has 1 aliphatic rings. The number of hydrogen-bond donors (Lipinski definition) is 1. The highest BCUT2D eigenvalue weighted by molar-refractivity contribution is 5.85. The molecule has 1 aromatic heterocycles. The van der Waals surface area contributed by atoms with Gasteiger partial charge in [0.15, 0.2) is 0 Å². The Labute approximate surface area is 104 Å². The zero-order valence-corrected chi connectivity index (χ0v) is 10.2. The van der Waals surface area contributed by atoms with Crippen molar-refractivity contribution >= 4 is 18.4 Å². The zero-order valence-electron chi connectivity index (χ0n) is 9.40. The van der Waals surface area contributed by atoms with E-state index in [2.05, 4.69) is 10.1 Å². The number of nitrogens with zero attached hydrogens (tertiary/aromatic N) is 3. The third-order valence-corrected chi connectivity index (χ3v) is 2.50. The molecule has 0 amide bonds. The van der Waals surface area contributed by atoms with Gasteiger partial charge in [0.1, 0.15) is 0 Å². The molecule has 0 unspecified atom stereocenters. The molecule has 1 fully saturated rings. The van der Waals surface area contributed by atoms with Gasteiger partial charge in [-0.25, -0.2) is 8.78 Å². The van der Waals surface area contributed by atoms with Gasteiger partial charge in [-0.3, -0.25) is 0 Å². The second kappa shape index (κ2) is 5.14. The predicted octanol–water partition coefficient (Wildman–Crippen LogP) is 1.75. The van der Waals surface area contributed by atoms with Gasteiger partial charge in [0.05, 0.1) is 12.6 Å². The number of nitrogens with two attached hydrogens (primary N) is 1. The van der Waals surface area contributed by atoms with E-state index in [-0.39, 0.29) is 43.3 Å². The standard InChI is InChI=1S/C9H14F2N4O.ClH/c1-6(12)7-13-8(14-16-7)15-4-2-3-9(10,11)5-15;/h6H,2-5,12H2,1H3;1H/t6-;/m0./s1. The van der Waals surface area contributed by atoms with Crippen LogP contribution >= 0.6 is 12.4 Å². The summed E-state index contributed by atoms with van der Waals surface area (Å²) in [5.41, 5.74) is 5.55. The Morgan fingerprint density at radius 1 is 1.53 bits per heavy atom. The number of aromatic nitrogens is 2. The maximum atomic E-state index is 13.2. The summed E-state index contributed by atoms with van der Waals surface area (Å²) in [7, 11) is 0. The molecule has 98 valence electrons. The molecule has 8 heteroatoms. The van der Waals surface area contributed by atoms with Crippen LogP contribution in [0.25, 0.3) is 0 Å². The topological polar surface area (TPSA) is 68.2 Å². The van der Waals surface area contributed by atoms with Gasteiger partial charge >= 0.3 is 0 Å². The third kappa shape index (κ3) is 3.26. The van der Waals surface area contributed by atoms with Crippen LogP contribution in [0.4, 0.5) is 14.7 Å². The largest absolute Gasteiger partial charge is 0.336 e. The smallest absolute Gasteiger partial charge is 0.266 e. The lowest BCUT2D eigenvalue weighted by Gasteiger charge is -2.31. The van der Waals surface area contributed by atoms with E-state index in [1.807, 2.05) is 0 Å². The molecular formula is C9H15ClF2N4O. The highest BCUT2D eigenvalue weighted by Gasteiger charge is 2.36. The van der Waals surface area contributed by atoms with Gasteiger partial charge in [0, 0.05) is 13.0 Å². The Hall–Kier alpha value is -0.950. The van der Waals surface area contributed by atoms with Crippen molar-refractivity contribution in [2.75, 3.05) is 18.0 Å². The molecule has 1 saturated heterocycles. The average molecular weight is 269 g/mol. The first-order valence-corrected chi connectivity index (χ1v) is 5.20. The van der Waals surface area contributed by atoms with Crippen molar-refractivity contribution in [1.29, 1.82) is 0 Å². The fourth-order valence-corrected chi connectivity index (χ4v) is 1.68. The number of anilines is 1. The van der Waals surface area contributed by atoms with Gasteiger partial charge in [-0.05, 0) is 18.5 Å². The van der Waals surface area contributed by atoms with Crippen LogP contribution in [0.15, 0.2) is 4.52 Å². The van der Waals surface area contributed by atoms with Crippen molar-refractivity contribution in [2.45, 2.75) is 31.7 Å². The Morgan fingerprint density at radius 2 is 2.24 bits per heavy atom. The van der Waals surface area contributed by atoms with Gasteiger partial charge in [0.2, 0.25) is 5.89 Å². The second-order valence-corrected chi connectivity index (χ2v) is 4.10. The number of alkyl halides is 2. The predicted molar refractivity (Wildman–Crippen MR) is 60.5 cm³/mol. The van der Waals surface area contributed by atoms with E-state index in [1.54, 1.807) is 6.92 Å². The molecule has 0 saturated carbocycles. The van der Waals surface area contributed by atoms with Crippen molar-refractivity contribution in [2.24, 2.45) is 5.73 Å². The molecular weight excluding hydrogens is 254 g/mol. The SMILES string of the molecule is C[C@H](N)c1nc(N2CCCC(F)(F)C2)no1.Cl. The minimum Gasteiger partial charge on any atom is -0.336 e. The monoisotopic (exact) mass is 268 g/mol. The number of hydrogen-bond acceptors (Lipinski definition) is 5. The highest BCUT2D eigenvalue weighted by Crippen LogP contribution is 2.28. The number of rotatable bonds is 2. The minimum atomic E-state index is -2.67. The maximum Gasteiger partial charge on any atom is 0.266 e. The lowest BCUT2D eigenvalue weighted by molar-refractivity contribution is -0.0121. The van der Waals surface area contributed by atoms with Crippen LogP contribution in [0.5, 0.6) is 0 Å². The first-order valence-electron chi connectivity index (χ1n) is 5.20. The Kier molecular flexibility index (Phi) is 4.26. The van der Waals surface area contributed by atoms with E-state index in [1.165, 1.54) is 4.90 Å². The second-order valence-electron chi connectivity index (χ2n) is 4.10. The molecule has 1 aliphatic heterocycles. The first-order chi connectivity index (χ1) is 7.48. The van der Waals surface area contributed by atoms with Gasteiger partial charge < -0.3 is 15.2 Å². The van der Waals surface area contributed by atoms with E-state index in [0.717, 1.165) is 0 Å². The summed E-state index contributed by atoms with van der Waals surface area (Å²) in [5, 5.41) is 3.65. The van der Waals surface area contributed by atoms with E-state index < -0.39 is 5.92 Å². The Balaban J connectivity index is 0.00000144. The van der Waals surface area contributed by atoms with Crippen LogP contribution in [-0.4, -0.2) is 29.2 Å². The van der Waals surface area contributed by atoms with Crippen LogP contribution in [0, 0.1) is 0 Å². The summed E-state index contributed by atoms with van der Waals surface area (Å²) in [4.78, 5) is 5.42. The van der Waals surface area contributed by atoms with Gasteiger partial charge in [-0.2, -0.15) is 4.98 Å². The molecule has 5 nitrogen and oxygen atoms in total. The van der Waals surface area contributed by atoms with Gasteiger partial charge in [-0.1, -0.05) is 0 Å². The molecule has 17 heavy (non-hydrogen) atoms. The summed E-state index contributed by atoms with van der Waals surface area (Å²) in [6.45, 7) is 1.86. The van der Waals surface area contributed by atoms with E-state index in [9.17, 15) is 8.78 Å². The van der Waals surface area contributed by atoms with Crippen molar-refractivity contribution in [1.82, 2.24) is 10.1 Å². The lowest BCUT2D eigenvalue weighted by atomic mass is 10.1. The molecule has 1 atom stereocenters. The van der Waals surface area contributed by atoms with Gasteiger partial charge in [0.25, 0.3) is 11.9 Å². The first kappa shape index (κ1) is 14.1. The number of halogens is 3. The normalized spacial score (nSPS) is 20.8. The van der Waals surface area contributed by atoms with Crippen molar-refractivity contribution in [3.63, 3.8) is 0 Å². The minimum absolute atomic E-state index is 0. The fraction of sp³-hybridized carbons (Fsp3) is 0.778.